The summed E-state index contributed by atoms with van der Waals surface area (Å²) >= 11 is 1.07. The third-order valence-corrected chi connectivity index (χ3v) is 4.44. The van der Waals surface area contributed by atoms with Crippen LogP contribution in [0.2, 0.25) is 0 Å². The first-order valence-electron chi connectivity index (χ1n) is 8.25. The summed E-state index contributed by atoms with van der Waals surface area (Å²) in [5.74, 6) is -0.343. The van der Waals surface area contributed by atoms with Gasteiger partial charge >= 0.3 is 5.97 Å². The summed E-state index contributed by atoms with van der Waals surface area (Å²) in [6.45, 7) is 2.01. The monoisotopic (exact) mass is 383 g/mol. The van der Waals surface area contributed by atoms with E-state index in [0.717, 1.165) is 17.8 Å². The Morgan fingerprint density at radius 1 is 1.22 bits per heavy atom. The minimum Gasteiger partial charge on any atom is -0.465 e. The van der Waals surface area contributed by atoms with Crippen LogP contribution >= 0.6 is 11.3 Å². The van der Waals surface area contributed by atoms with E-state index in [1.807, 2.05) is 24.3 Å². The molecule has 0 fully saturated rings. The molecular weight excluding hydrogens is 366 g/mol. The Balaban J connectivity index is 1.51. The molecule has 0 bridgehead atoms. The highest BCUT2D eigenvalue weighted by Gasteiger charge is 2.14. The summed E-state index contributed by atoms with van der Waals surface area (Å²) in [7, 11) is 0. The first-order valence-corrected chi connectivity index (χ1v) is 9.06. The van der Waals surface area contributed by atoms with Crippen LogP contribution in [0, 0.1) is 0 Å². The Labute approximate surface area is 159 Å². The first-order chi connectivity index (χ1) is 13.1. The van der Waals surface area contributed by atoms with Crippen molar-refractivity contribution in [1.82, 2.24) is 10.2 Å². The van der Waals surface area contributed by atoms with Crippen LogP contribution in [0.15, 0.2) is 53.2 Å². The van der Waals surface area contributed by atoms with Crippen LogP contribution in [0.3, 0.4) is 0 Å². The molecule has 0 radical (unpaired) electrons. The Kier molecular flexibility index (Phi) is 6.11. The standard InChI is InChI=1S/C19H17N3O4S/c1-2-13-5-7-14(8-6-13)20-18(24)19-22-21-16(27-19)12-26-17(23)10-9-15-4-3-11-25-15/h3-11H,2,12H2,1H3,(H,20,24). The van der Waals surface area contributed by atoms with Gasteiger partial charge in [0.05, 0.1) is 6.26 Å². The van der Waals surface area contributed by atoms with Gasteiger partial charge in [0.25, 0.3) is 5.91 Å². The van der Waals surface area contributed by atoms with Crippen molar-refractivity contribution in [2.24, 2.45) is 0 Å². The van der Waals surface area contributed by atoms with E-state index in [0.29, 0.717) is 16.5 Å². The fraction of sp³-hybridized carbons (Fsp3) is 0.158. The highest BCUT2D eigenvalue weighted by Crippen LogP contribution is 2.15. The molecule has 7 nitrogen and oxygen atoms in total. The Morgan fingerprint density at radius 2 is 2.04 bits per heavy atom. The fourth-order valence-corrected chi connectivity index (χ4v) is 2.78. The van der Waals surface area contributed by atoms with E-state index in [1.165, 1.54) is 24.0 Å². The van der Waals surface area contributed by atoms with Gasteiger partial charge in [-0.1, -0.05) is 30.4 Å². The van der Waals surface area contributed by atoms with Crippen molar-refractivity contribution in [2.45, 2.75) is 20.0 Å². The second-order valence-electron chi connectivity index (χ2n) is 5.46. The molecular formula is C19H17N3O4S. The number of aryl methyl sites for hydroxylation is 1. The maximum atomic E-state index is 12.2. The number of benzene rings is 1. The van der Waals surface area contributed by atoms with Gasteiger partial charge in [0, 0.05) is 11.8 Å². The number of ether oxygens (including phenoxy) is 1. The van der Waals surface area contributed by atoms with Gasteiger partial charge in [0.15, 0.2) is 5.01 Å². The molecule has 2 heterocycles. The highest BCUT2D eigenvalue weighted by molar-refractivity contribution is 7.13. The molecule has 0 aliphatic rings. The number of aromatic nitrogens is 2. The molecule has 0 saturated carbocycles. The minimum absolute atomic E-state index is 0.0581. The zero-order valence-electron chi connectivity index (χ0n) is 14.5. The van der Waals surface area contributed by atoms with E-state index in [-0.39, 0.29) is 17.5 Å². The molecule has 0 saturated heterocycles. The maximum absolute atomic E-state index is 12.2. The number of anilines is 1. The van der Waals surface area contributed by atoms with Gasteiger partial charge in [-0.3, -0.25) is 4.79 Å². The smallest absolute Gasteiger partial charge is 0.331 e. The molecule has 27 heavy (non-hydrogen) atoms. The normalized spacial score (nSPS) is 10.9. The third kappa shape index (κ3) is 5.35. The van der Waals surface area contributed by atoms with Crippen molar-refractivity contribution in [3.05, 3.63) is 70.1 Å². The van der Waals surface area contributed by atoms with Gasteiger partial charge in [-0.05, 0) is 42.3 Å². The van der Waals surface area contributed by atoms with Crippen molar-refractivity contribution in [3.8, 4) is 0 Å². The number of carbonyl (C=O) groups excluding carboxylic acids is 2. The molecule has 0 aliphatic carbocycles. The van der Waals surface area contributed by atoms with Crippen molar-refractivity contribution < 1.29 is 18.7 Å². The van der Waals surface area contributed by atoms with Crippen LogP contribution in [-0.2, 0) is 22.6 Å². The first kappa shape index (κ1) is 18.5. The van der Waals surface area contributed by atoms with Gasteiger partial charge in [0.2, 0.25) is 5.01 Å². The summed E-state index contributed by atoms with van der Waals surface area (Å²) in [4.78, 5) is 23.9. The predicted octanol–water partition coefficient (Wildman–Crippen LogP) is 3.70. The number of esters is 1. The van der Waals surface area contributed by atoms with Crippen LogP contribution in [0.5, 0.6) is 0 Å². The number of carbonyl (C=O) groups is 2. The van der Waals surface area contributed by atoms with Gasteiger partial charge in [-0.2, -0.15) is 0 Å². The highest BCUT2D eigenvalue weighted by atomic mass is 32.1. The fourth-order valence-electron chi connectivity index (χ4n) is 2.13. The van der Waals surface area contributed by atoms with E-state index in [1.54, 1.807) is 12.1 Å². The second kappa shape index (κ2) is 8.91. The zero-order chi connectivity index (χ0) is 19.1. The maximum Gasteiger partial charge on any atom is 0.331 e. The number of rotatable bonds is 7. The Hall–Kier alpha value is -3.26. The lowest BCUT2D eigenvalue weighted by Crippen LogP contribution is -2.11. The molecule has 2 aromatic heterocycles. The molecule has 8 heteroatoms. The second-order valence-corrected chi connectivity index (χ2v) is 6.52. The van der Waals surface area contributed by atoms with Gasteiger partial charge < -0.3 is 14.5 Å². The minimum atomic E-state index is -0.538. The van der Waals surface area contributed by atoms with E-state index in [9.17, 15) is 9.59 Å². The number of hydrogen-bond donors (Lipinski definition) is 1. The molecule has 1 aromatic carbocycles. The van der Waals surface area contributed by atoms with Gasteiger partial charge in [-0.15, -0.1) is 10.2 Å². The summed E-state index contributed by atoms with van der Waals surface area (Å²) in [6.07, 6.45) is 5.21. The number of nitrogens with one attached hydrogen (secondary N) is 1. The largest absolute Gasteiger partial charge is 0.465 e. The van der Waals surface area contributed by atoms with Crippen LogP contribution in [0.25, 0.3) is 6.08 Å². The number of hydrogen-bond acceptors (Lipinski definition) is 7. The molecule has 3 rings (SSSR count). The van der Waals surface area contributed by atoms with E-state index in [2.05, 4.69) is 22.4 Å². The summed E-state index contributed by atoms with van der Waals surface area (Å²) < 4.78 is 10.2. The van der Waals surface area contributed by atoms with Crippen molar-refractivity contribution >= 4 is 35.0 Å². The molecule has 138 valence electrons. The lowest BCUT2D eigenvalue weighted by atomic mass is 10.1. The lowest BCUT2D eigenvalue weighted by Gasteiger charge is -2.03. The molecule has 0 aliphatic heterocycles. The molecule has 1 N–H and O–H groups in total. The molecule has 1 amide bonds. The molecule has 0 unspecified atom stereocenters. The van der Waals surface area contributed by atoms with Crippen LogP contribution < -0.4 is 5.32 Å². The Bertz CT molecular complexity index is 930. The molecule has 0 atom stereocenters. The van der Waals surface area contributed by atoms with Gasteiger partial charge in [-0.25, -0.2) is 4.79 Å². The van der Waals surface area contributed by atoms with Crippen molar-refractivity contribution in [2.75, 3.05) is 5.32 Å². The quantitative estimate of drug-likeness (QED) is 0.494. The average Bonchev–Trinajstić information content (AvgIpc) is 3.37. The summed E-state index contributed by atoms with van der Waals surface area (Å²) in [6, 6.07) is 11.0. The molecule has 3 aromatic rings. The number of amides is 1. The van der Waals surface area contributed by atoms with Gasteiger partial charge in [0.1, 0.15) is 12.4 Å². The van der Waals surface area contributed by atoms with Crippen LogP contribution in [0.1, 0.15) is 33.1 Å². The lowest BCUT2D eigenvalue weighted by molar-refractivity contribution is -0.138. The third-order valence-electron chi connectivity index (χ3n) is 3.55. The van der Waals surface area contributed by atoms with Crippen LogP contribution in [0.4, 0.5) is 5.69 Å². The molecule has 0 spiro atoms. The Morgan fingerprint density at radius 3 is 2.74 bits per heavy atom. The van der Waals surface area contributed by atoms with Crippen molar-refractivity contribution in [3.63, 3.8) is 0 Å². The summed E-state index contributed by atoms with van der Waals surface area (Å²) in [5.41, 5.74) is 1.87. The van der Waals surface area contributed by atoms with E-state index >= 15 is 0 Å². The predicted molar refractivity (Wildman–Crippen MR) is 101 cm³/mol. The number of nitrogens with zero attached hydrogens (tertiary/aromatic N) is 2. The average molecular weight is 383 g/mol. The topological polar surface area (TPSA) is 94.3 Å². The van der Waals surface area contributed by atoms with E-state index in [4.69, 9.17) is 9.15 Å². The van der Waals surface area contributed by atoms with Crippen LogP contribution in [-0.4, -0.2) is 22.1 Å². The zero-order valence-corrected chi connectivity index (χ0v) is 15.4. The number of furan rings is 1. The summed E-state index contributed by atoms with van der Waals surface area (Å²) in [5, 5.41) is 11.1. The SMILES string of the molecule is CCc1ccc(NC(=O)c2nnc(COC(=O)C=Cc3ccco3)s2)cc1. The van der Waals surface area contributed by atoms with Crippen molar-refractivity contribution in [1.29, 1.82) is 0 Å². The van der Waals surface area contributed by atoms with E-state index < -0.39 is 5.97 Å².